The van der Waals surface area contributed by atoms with Crippen LogP contribution in [0.2, 0.25) is 0 Å². The van der Waals surface area contributed by atoms with Gasteiger partial charge in [-0.25, -0.2) is 8.42 Å². The van der Waals surface area contributed by atoms with Crippen molar-refractivity contribution in [1.82, 2.24) is 10.2 Å². The highest BCUT2D eigenvalue weighted by Crippen LogP contribution is 2.26. The molecule has 36 heavy (non-hydrogen) atoms. The number of aliphatic hydroxyl groups excluding tert-OH is 1. The molecule has 0 aromatic heterocycles. The van der Waals surface area contributed by atoms with Crippen LogP contribution in [0, 0.1) is 0 Å². The van der Waals surface area contributed by atoms with Crippen molar-refractivity contribution in [3.05, 3.63) is 96.1 Å². The molecule has 1 atom stereocenters. The number of anilines is 1. The highest BCUT2D eigenvalue weighted by molar-refractivity contribution is 7.93. The molecule has 10 heteroatoms. The summed E-state index contributed by atoms with van der Waals surface area (Å²) in [6.07, 6.45) is -0.0501. The molecule has 3 aromatic rings. The highest BCUT2D eigenvalue weighted by Gasteiger charge is 2.32. The van der Waals surface area contributed by atoms with Crippen molar-refractivity contribution in [3.63, 3.8) is 0 Å². The molecule has 1 fully saturated rings. The van der Waals surface area contributed by atoms with Crippen molar-refractivity contribution in [2.24, 2.45) is 0 Å². The zero-order valence-electron chi connectivity index (χ0n) is 19.3. The number of carbonyl (C=O) groups is 3. The normalized spacial score (nSPS) is 15.4. The van der Waals surface area contributed by atoms with Crippen LogP contribution in [0.1, 0.15) is 27.1 Å². The first kappa shape index (κ1) is 25.1. The Labute approximate surface area is 209 Å². The van der Waals surface area contributed by atoms with Crippen molar-refractivity contribution in [2.45, 2.75) is 17.4 Å². The minimum atomic E-state index is -4.32. The summed E-state index contributed by atoms with van der Waals surface area (Å²) in [5, 5.41) is 12.1. The fraction of sp³-hybridized carbons (Fsp3) is 0.192. The summed E-state index contributed by atoms with van der Waals surface area (Å²) in [5.41, 5.74) is 0.540. The van der Waals surface area contributed by atoms with Gasteiger partial charge in [0.2, 0.25) is 5.91 Å². The Hall–Kier alpha value is -4.02. The molecule has 1 saturated heterocycles. The molecule has 186 valence electrons. The molecule has 1 aliphatic heterocycles. The standard InChI is InChI=1S/C26H25N3O6S/c30-22-15-16-28(18-22)24(31)17-27-25(32)19-11-13-23(14-12-19)36(34,35)29(21-9-5-2-6-10-21)26(33)20-7-3-1-4-8-20/h1-14,22,30H,15-18H2,(H,27,32). The monoisotopic (exact) mass is 507 g/mol. The third kappa shape index (κ3) is 5.45. The zero-order valence-corrected chi connectivity index (χ0v) is 20.1. The average Bonchev–Trinajstić information content (AvgIpc) is 3.34. The second-order valence-electron chi connectivity index (χ2n) is 8.27. The van der Waals surface area contributed by atoms with Crippen molar-refractivity contribution in [2.75, 3.05) is 23.9 Å². The van der Waals surface area contributed by atoms with E-state index in [-0.39, 0.29) is 40.7 Å². The number of nitrogens with one attached hydrogen (secondary N) is 1. The number of hydrogen-bond acceptors (Lipinski definition) is 6. The molecule has 2 N–H and O–H groups in total. The number of aliphatic hydroxyl groups is 1. The summed E-state index contributed by atoms with van der Waals surface area (Å²) in [6.45, 7) is 0.432. The van der Waals surface area contributed by atoms with Gasteiger partial charge < -0.3 is 15.3 Å². The minimum Gasteiger partial charge on any atom is -0.391 e. The number of β-amino-alcohol motifs (C(OH)–C–C–N with tert-alkyl or cyclic N) is 1. The van der Waals surface area contributed by atoms with Crippen LogP contribution in [0.25, 0.3) is 0 Å². The number of amides is 3. The van der Waals surface area contributed by atoms with Gasteiger partial charge in [0.05, 0.1) is 23.2 Å². The predicted octanol–water partition coefficient (Wildman–Crippen LogP) is 2.05. The first-order valence-electron chi connectivity index (χ1n) is 11.3. The Morgan fingerprint density at radius 1 is 0.889 bits per heavy atom. The molecule has 0 spiro atoms. The lowest BCUT2D eigenvalue weighted by molar-refractivity contribution is -0.129. The maximum Gasteiger partial charge on any atom is 0.272 e. The number of carbonyl (C=O) groups excluding carboxylic acids is 3. The number of nitrogens with zero attached hydrogens (tertiary/aromatic N) is 2. The first-order chi connectivity index (χ1) is 17.3. The van der Waals surface area contributed by atoms with E-state index in [2.05, 4.69) is 5.32 Å². The summed E-state index contributed by atoms with van der Waals surface area (Å²) >= 11 is 0. The van der Waals surface area contributed by atoms with Crippen LogP contribution < -0.4 is 9.62 Å². The van der Waals surface area contributed by atoms with E-state index in [0.717, 1.165) is 4.31 Å². The number of hydrogen-bond donors (Lipinski definition) is 2. The van der Waals surface area contributed by atoms with Crippen LogP contribution in [0.4, 0.5) is 5.69 Å². The highest BCUT2D eigenvalue weighted by atomic mass is 32.2. The Kier molecular flexibility index (Phi) is 7.47. The molecule has 0 saturated carbocycles. The third-order valence-electron chi connectivity index (χ3n) is 5.77. The van der Waals surface area contributed by atoms with Gasteiger partial charge in [-0.05, 0) is 55.0 Å². The fourth-order valence-corrected chi connectivity index (χ4v) is 5.26. The molecule has 1 aliphatic rings. The van der Waals surface area contributed by atoms with Gasteiger partial charge in [-0.2, -0.15) is 4.31 Å². The van der Waals surface area contributed by atoms with Gasteiger partial charge in [0, 0.05) is 24.2 Å². The molecule has 4 rings (SSSR count). The van der Waals surface area contributed by atoms with Gasteiger partial charge in [0.15, 0.2) is 0 Å². The topological polar surface area (TPSA) is 124 Å². The summed E-state index contributed by atoms with van der Waals surface area (Å²) < 4.78 is 27.8. The average molecular weight is 508 g/mol. The fourth-order valence-electron chi connectivity index (χ4n) is 3.85. The molecule has 1 heterocycles. The zero-order chi connectivity index (χ0) is 25.7. The minimum absolute atomic E-state index is 0.156. The molecular weight excluding hydrogens is 482 g/mol. The van der Waals surface area contributed by atoms with Crippen molar-refractivity contribution in [1.29, 1.82) is 0 Å². The second kappa shape index (κ2) is 10.7. The molecule has 9 nitrogen and oxygen atoms in total. The maximum atomic E-state index is 13.6. The van der Waals surface area contributed by atoms with E-state index in [1.807, 2.05) is 0 Å². The number of benzene rings is 3. The lowest BCUT2D eigenvalue weighted by Crippen LogP contribution is -2.39. The van der Waals surface area contributed by atoms with E-state index in [1.54, 1.807) is 36.4 Å². The molecule has 3 amide bonds. The summed E-state index contributed by atoms with van der Waals surface area (Å²) in [7, 11) is -4.32. The van der Waals surface area contributed by atoms with E-state index >= 15 is 0 Å². The van der Waals surface area contributed by atoms with Gasteiger partial charge in [-0.1, -0.05) is 36.4 Å². The number of likely N-dealkylation sites (tertiary alicyclic amines) is 1. The largest absolute Gasteiger partial charge is 0.391 e. The molecule has 0 bridgehead atoms. The third-order valence-corrected chi connectivity index (χ3v) is 7.49. The SMILES string of the molecule is O=C(NCC(=O)N1CCC(O)C1)c1ccc(S(=O)(=O)N(C(=O)c2ccccc2)c2ccccc2)cc1. The lowest BCUT2D eigenvalue weighted by atomic mass is 10.2. The molecular formula is C26H25N3O6S. The Morgan fingerprint density at radius 2 is 1.50 bits per heavy atom. The van der Waals surface area contributed by atoms with Crippen LogP contribution in [-0.2, 0) is 14.8 Å². The number of sulfonamides is 1. The number of para-hydroxylation sites is 1. The van der Waals surface area contributed by atoms with Crippen molar-refractivity contribution < 1.29 is 27.9 Å². The molecule has 0 radical (unpaired) electrons. The predicted molar refractivity (Wildman–Crippen MR) is 133 cm³/mol. The van der Waals surface area contributed by atoms with E-state index in [9.17, 15) is 27.9 Å². The summed E-state index contributed by atoms with van der Waals surface area (Å²) in [6, 6.07) is 21.2. The van der Waals surface area contributed by atoms with Crippen LogP contribution in [0.3, 0.4) is 0 Å². The first-order valence-corrected chi connectivity index (χ1v) is 12.8. The van der Waals surface area contributed by atoms with E-state index in [1.165, 1.54) is 53.4 Å². The van der Waals surface area contributed by atoms with E-state index in [4.69, 9.17) is 0 Å². The summed E-state index contributed by atoms with van der Waals surface area (Å²) in [4.78, 5) is 39.2. The Bertz CT molecular complexity index is 1350. The van der Waals surface area contributed by atoms with Crippen LogP contribution in [0.15, 0.2) is 89.8 Å². The van der Waals surface area contributed by atoms with Crippen LogP contribution in [-0.4, -0.2) is 61.9 Å². The quantitative estimate of drug-likeness (QED) is 0.505. The molecule has 3 aromatic carbocycles. The van der Waals surface area contributed by atoms with Gasteiger partial charge in [-0.15, -0.1) is 0 Å². The van der Waals surface area contributed by atoms with Gasteiger partial charge >= 0.3 is 0 Å². The van der Waals surface area contributed by atoms with E-state index < -0.39 is 27.9 Å². The van der Waals surface area contributed by atoms with Crippen molar-refractivity contribution >= 4 is 33.4 Å². The number of rotatable bonds is 7. The lowest BCUT2D eigenvalue weighted by Gasteiger charge is -2.23. The Morgan fingerprint density at radius 3 is 2.08 bits per heavy atom. The molecule has 0 aliphatic carbocycles. The van der Waals surface area contributed by atoms with Crippen LogP contribution in [0.5, 0.6) is 0 Å². The second-order valence-corrected chi connectivity index (χ2v) is 10.1. The van der Waals surface area contributed by atoms with Gasteiger partial charge in [-0.3, -0.25) is 14.4 Å². The van der Waals surface area contributed by atoms with Crippen molar-refractivity contribution in [3.8, 4) is 0 Å². The van der Waals surface area contributed by atoms with Crippen LogP contribution >= 0.6 is 0 Å². The summed E-state index contributed by atoms with van der Waals surface area (Å²) in [5.74, 6) is -1.57. The maximum absolute atomic E-state index is 13.6. The smallest absolute Gasteiger partial charge is 0.272 e. The van der Waals surface area contributed by atoms with Gasteiger partial charge in [0.25, 0.3) is 21.8 Å². The Balaban J connectivity index is 1.53. The molecule has 1 unspecified atom stereocenters. The van der Waals surface area contributed by atoms with E-state index in [0.29, 0.717) is 13.0 Å². The van der Waals surface area contributed by atoms with Gasteiger partial charge in [0.1, 0.15) is 0 Å².